The Labute approximate surface area is 105 Å². The van der Waals surface area contributed by atoms with E-state index in [-0.39, 0.29) is 0 Å². The zero-order valence-corrected chi connectivity index (χ0v) is 11.5. The molecule has 0 aliphatic rings. The number of nitrogens with one attached hydrogen (secondary N) is 1. The minimum absolute atomic E-state index is 0.327. The van der Waals surface area contributed by atoms with Gasteiger partial charge in [-0.2, -0.15) is 0 Å². The van der Waals surface area contributed by atoms with Crippen molar-refractivity contribution in [3.8, 4) is 0 Å². The van der Waals surface area contributed by atoms with Crippen LogP contribution in [0.3, 0.4) is 0 Å². The smallest absolute Gasteiger partial charge is 0.0741 e. The number of aliphatic hydroxyl groups is 1. The molecule has 2 atom stereocenters. The monoisotopic (exact) mass is 235 g/mol. The van der Waals surface area contributed by atoms with E-state index >= 15 is 0 Å². The first kappa shape index (κ1) is 14.2. The fraction of sp³-hybridized carbons (Fsp3) is 0.600. The maximum absolute atomic E-state index is 10.00. The lowest BCUT2D eigenvalue weighted by molar-refractivity contribution is 0.0526. The molecule has 17 heavy (non-hydrogen) atoms. The second kappa shape index (κ2) is 6.18. The molecule has 0 fully saturated rings. The van der Waals surface area contributed by atoms with Crippen molar-refractivity contribution >= 4 is 0 Å². The van der Waals surface area contributed by atoms with Crippen molar-refractivity contribution in [2.75, 3.05) is 6.54 Å². The van der Waals surface area contributed by atoms with Gasteiger partial charge in [0.2, 0.25) is 0 Å². The van der Waals surface area contributed by atoms with Crippen LogP contribution < -0.4 is 5.32 Å². The molecule has 0 bridgehead atoms. The fourth-order valence-corrected chi connectivity index (χ4v) is 1.76. The highest BCUT2D eigenvalue weighted by Gasteiger charge is 2.19. The molecule has 1 rings (SSSR count). The second-order valence-corrected chi connectivity index (χ2v) is 5.10. The van der Waals surface area contributed by atoms with Crippen molar-refractivity contribution in [2.24, 2.45) is 0 Å². The lowest BCUT2D eigenvalue weighted by atomic mass is 10.00. The molecule has 0 radical (unpaired) electrons. The number of rotatable bonds is 6. The molecule has 0 aromatic heterocycles. The number of hydrogen-bond donors (Lipinski definition) is 2. The minimum atomic E-state index is -0.613. The van der Waals surface area contributed by atoms with Crippen molar-refractivity contribution < 1.29 is 5.11 Å². The molecular weight excluding hydrogens is 210 g/mol. The molecule has 0 amide bonds. The third kappa shape index (κ3) is 4.49. The van der Waals surface area contributed by atoms with Crippen LogP contribution in [0.1, 0.15) is 50.8 Å². The van der Waals surface area contributed by atoms with Crippen molar-refractivity contribution in [1.82, 2.24) is 5.32 Å². The summed E-state index contributed by atoms with van der Waals surface area (Å²) in [5.74, 6) is 0. The molecule has 0 spiro atoms. The second-order valence-electron chi connectivity index (χ2n) is 5.10. The normalized spacial score (nSPS) is 16.5. The van der Waals surface area contributed by atoms with E-state index < -0.39 is 5.60 Å². The number of hydrogen-bond acceptors (Lipinski definition) is 2. The Hall–Kier alpha value is -0.860. The van der Waals surface area contributed by atoms with E-state index in [2.05, 4.69) is 43.4 Å². The third-order valence-corrected chi connectivity index (χ3v) is 3.38. The quantitative estimate of drug-likeness (QED) is 0.793. The molecule has 1 aromatic carbocycles. The van der Waals surface area contributed by atoms with Crippen LogP contribution in [0.4, 0.5) is 0 Å². The van der Waals surface area contributed by atoms with Crippen LogP contribution in [-0.2, 0) is 0 Å². The van der Waals surface area contributed by atoms with E-state index in [0.717, 1.165) is 12.8 Å². The van der Waals surface area contributed by atoms with Crippen molar-refractivity contribution in [1.29, 1.82) is 0 Å². The molecule has 1 aromatic rings. The van der Waals surface area contributed by atoms with Gasteiger partial charge < -0.3 is 10.4 Å². The van der Waals surface area contributed by atoms with E-state index in [9.17, 15) is 5.11 Å². The molecule has 0 saturated carbocycles. The summed E-state index contributed by atoms with van der Waals surface area (Å²) < 4.78 is 0. The highest BCUT2D eigenvalue weighted by molar-refractivity contribution is 5.24. The van der Waals surface area contributed by atoms with Gasteiger partial charge in [-0.05, 0) is 32.3 Å². The van der Waals surface area contributed by atoms with E-state index in [0.29, 0.717) is 12.6 Å². The fourth-order valence-electron chi connectivity index (χ4n) is 1.76. The van der Waals surface area contributed by atoms with E-state index in [1.165, 1.54) is 11.1 Å². The first-order chi connectivity index (χ1) is 7.98. The van der Waals surface area contributed by atoms with Gasteiger partial charge in [-0.25, -0.2) is 0 Å². The zero-order valence-electron chi connectivity index (χ0n) is 11.5. The Balaban J connectivity index is 2.63. The van der Waals surface area contributed by atoms with Crippen LogP contribution in [0.5, 0.6) is 0 Å². The largest absolute Gasteiger partial charge is 0.389 e. The average molecular weight is 235 g/mol. The van der Waals surface area contributed by atoms with Crippen LogP contribution in [-0.4, -0.2) is 17.3 Å². The summed E-state index contributed by atoms with van der Waals surface area (Å²) in [4.78, 5) is 0. The molecular formula is C15H25NO. The molecule has 2 N–H and O–H groups in total. The van der Waals surface area contributed by atoms with Crippen molar-refractivity contribution in [3.05, 3.63) is 35.4 Å². The van der Waals surface area contributed by atoms with Gasteiger partial charge in [-0.1, -0.05) is 43.7 Å². The molecule has 0 aliphatic heterocycles. The Morgan fingerprint density at radius 2 is 1.82 bits per heavy atom. The summed E-state index contributed by atoms with van der Waals surface area (Å²) in [5, 5.41) is 13.4. The summed E-state index contributed by atoms with van der Waals surface area (Å²) in [6.07, 6.45) is 1.80. The molecule has 2 heteroatoms. The van der Waals surface area contributed by atoms with Gasteiger partial charge in [0.1, 0.15) is 0 Å². The lowest BCUT2D eigenvalue weighted by Crippen LogP contribution is -2.38. The molecule has 0 heterocycles. The summed E-state index contributed by atoms with van der Waals surface area (Å²) >= 11 is 0. The van der Waals surface area contributed by atoms with Crippen LogP contribution in [0.25, 0.3) is 0 Å². The van der Waals surface area contributed by atoms with Gasteiger partial charge in [0.15, 0.2) is 0 Å². The van der Waals surface area contributed by atoms with E-state index in [1.807, 2.05) is 13.8 Å². The third-order valence-electron chi connectivity index (χ3n) is 3.38. The molecule has 0 aliphatic carbocycles. The molecule has 2 unspecified atom stereocenters. The van der Waals surface area contributed by atoms with Gasteiger partial charge in [-0.15, -0.1) is 0 Å². The number of benzene rings is 1. The summed E-state index contributed by atoms with van der Waals surface area (Å²) in [7, 11) is 0. The van der Waals surface area contributed by atoms with Gasteiger partial charge in [0.25, 0.3) is 0 Å². The summed E-state index contributed by atoms with van der Waals surface area (Å²) in [6, 6.07) is 8.93. The predicted molar refractivity (Wildman–Crippen MR) is 73.1 cm³/mol. The Morgan fingerprint density at radius 3 is 2.29 bits per heavy atom. The maximum atomic E-state index is 10.00. The van der Waals surface area contributed by atoms with Crippen molar-refractivity contribution in [3.63, 3.8) is 0 Å². The van der Waals surface area contributed by atoms with Gasteiger partial charge in [0, 0.05) is 12.6 Å². The van der Waals surface area contributed by atoms with Crippen LogP contribution in [0.15, 0.2) is 24.3 Å². The van der Waals surface area contributed by atoms with Gasteiger partial charge >= 0.3 is 0 Å². The lowest BCUT2D eigenvalue weighted by Gasteiger charge is -2.26. The molecule has 0 saturated heterocycles. The van der Waals surface area contributed by atoms with E-state index in [1.54, 1.807) is 0 Å². The first-order valence-electron chi connectivity index (χ1n) is 6.51. The first-order valence-corrected chi connectivity index (χ1v) is 6.51. The summed E-state index contributed by atoms with van der Waals surface area (Å²) in [5.41, 5.74) is 1.96. The maximum Gasteiger partial charge on any atom is 0.0741 e. The SMILES string of the molecule is CCC(NCC(C)(O)CC)c1ccc(C)cc1. The standard InChI is InChI=1S/C15H25NO/c1-5-14(16-11-15(4,17)6-2)13-9-7-12(3)8-10-13/h7-10,14,16-17H,5-6,11H2,1-4H3. The topological polar surface area (TPSA) is 32.3 Å². The Morgan fingerprint density at radius 1 is 1.24 bits per heavy atom. The van der Waals surface area contributed by atoms with Crippen LogP contribution in [0.2, 0.25) is 0 Å². The van der Waals surface area contributed by atoms with Crippen molar-refractivity contribution in [2.45, 2.75) is 52.2 Å². The number of aryl methyl sites for hydroxylation is 1. The van der Waals surface area contributed by atoms with Crippen LogP contribution >= 0.6 is 0 Å². The zero-order chi connectivity index (χ0) is 12.9. The predicted octanol–water partition coefficient (Wildman–Crippen LogP) is 3.20. The summed E-state index contributed by atoms with van der Waals surface area (Å²) in [6.45, 7) is 8.78. The Kier molecular flexibility index (Phi) is 5.16. The Bertz CT molecular complexity index is 329. The van der Waals surface area contributed by atoms with Crippen LogP contribution in [0, 0.1) is 6.92 Å². The molecule has 96 valence electrons. The van der Waals surface area contributed by atoms with E-state index in [4.69, 9.17) is 0 Å². The van der Waals surface area contributed by atoms with Gasteiger partial charge in [0.05, 0.1) is 5.60 Å². The minimum Gasteiger partial charge on any atom is -0.389 e. The average Bonchev–Trinajstić information content (AvgIpc) is 2.32. The van der Waals surface area contributed by atoms with Gasteiger partial charge in [-0.3, -0.25) is 0 Å². The highest BCUT2D eigenvalue weighted by Crippen LogP contribution is 2.18. The molecule has 2 nitrogen and oxygen atoms in total. The highest BCUT2D eigenvalue weighted by atomic mass is 16.3.